The summed E-state index contributed by atoms with van der Waals surface area (Å²) in [5.74, 6) is -3.26. The SMILES string of the molecule is O=C(c1cc2c(cc1F)OC(c1ccc(F)cc1)(c1ccc(Cl)cc1Cl)O2)N1CCC[C@H]1CO. The van der Waals surface area contributed by atoms with Gasteiger partial charge in [-0.1, -0.05) is 23.2 Å². The molecule has 1 N–H and O–H groups in total. The van der Waals surface area contributed by atoms with Gasteiger partial charge < -0.3 is 19.5 Å². The maximum absolute atomic E-state index is 15.1. The highest BCUT2D eigenvalue weighted by molar-refractivity contribution is 6.35. The van der Waals surface area contributed by atoms with Crippen LogP contribution in [-0.4, -0.2) is 35.1 Å². The molecule has 5 nitrogen and oxygen atoms in total. The van der Waals surface area contributed by atoms with E-state index in [-0.39, 0.29) is 34.7 Å². The smallest absolute Gasteiger partial charge is 0.307 e. The van der Waals surface area contributed by atoms with Crippen LogP contribution in [0.3, 0.4) is 0 Å². The minimum atomic E-state index is -1.66. The first-order valence-electron chi connectivity index (χ1n) is 10.7. The van der Waals surface area contributed by atoms with E-state index in [9.17, 15) is 14.3 Å². The topological polar surface area (TPSA) is 59.0 Å². The van der Waals surface area contributed by atoms with E-state index in [0.29, 0.717) is 29.1 Å². The standard InChI is InChI=1S/C25H19Cl2F2NO4/c26-15-5-8-19(20(27)10-15)25(14-3-6-16(28)7-4-14)33-22-11-18(21(29)12-23(22)34-25)24(32)30-9-1-2-17(30)13-31/h3-8,10-12,17,31H,1-2,9,13H2/t17-,25?/m0/s1. The number of amides is 1. The quantitative estimate of drug-likeness (QED) is 0.505. The molecule has 2 aliphatic heterocycles. The Bertz CT molecular complexity index is 1270. The number of fused-ring (bicyclic) bond motifs is 1. The average molecular weight is 506 g/mol. The van der Waals surface area contributed by atoms with Crippen LogP contribution < -0.4 is 9.47 Å². The van der Waals surface area contributed by atoms with E-state index in [0.717, 1.165) is 12.5 Å². The first-order valence-corrected chi connectivity index (χ1v) is 11.4. The van der Waals surface area contributed by atoms with Gasteiger partial charge in [-0.3, -0.25) is 4.79 Å². The summed E-state index contributed by atoms with van der Waals surface area (Å²) in [6.07, 6.45) is 1.38. The molecule has 3 aromatic rings. The summed E-state index contributed by atoms with van der Waals surface area (Å²) in [6, 6.07) is 12.2. The van der Waals surface area contributed by atoms with Gasteiger partial charge in [-0.05, 0) is 61.4 Å². The Kier molecular flexibility index (Phi) is 5.88. The molecular formula is C25H19Cl2F2NO4. The molecule has 1 amide bonds. The van der Waals surface area contributed by atoms with E-state index in [1.165, 1.54) is 41.3 Å². The number of aliphatic hydroxyl groups excluding tert-OH is 1. The van der Waals surface area contributed by atoms with Crippen LogP contribution in [-0.2, 0) is 5.79 Å². The molecular weight excluding hydrogens is 487 g/mol. The Balaban J connectivity index is 1.59. The Hall–Kier alpha value is -2.87. The molecule has 1 unspecified atom stereocenters. The fourth-order valence-corrected chi connectivity index (χ4v) is 4.98. The molecule has 1 fully saturated rings. The Morgan fingerprint density at radius 1 is 1.06 bits per heavy atom. The van der Waals surface area contributed by atoms with Gasteiger partial charge in [0.25, 0.3) is 5.91 Å². The molecule has 0 bridgehead atoms. The lowest BCUT2D eigenvalue weighted by Crippen LogP contribution is -2.38. The van der Waals surface area contributed by atoms with Crippen molar-refractivity contribution in [3.63, 3.8) is 0 Å². The van der Waals surface area contributed by atoms with Crippen LogP contribution in [0.5, 0.6) is 11.5 Å². The largest absolute Gasteiger partial charge is 0.440 e. The van der Waals surface area contributed by atoms with E-state index in [1.54, 1.807) is 12.1 Å². The van der Waals surface area contributed by atoms with Gasteiger partial charge in [0, 0.05) is 23.2 Å². The van der Waals surface area contributed by atoms with Crippen LogP contribution in [0.2, 0.25) is 10.0 Å². The minimum absolute atomic E-state index is 0.0597. The third kappa shape index (κ3) is 3.78. The van der Waals surface area contributed by atoms with Gasteiger partial charge in [-0.15, -0.1) is 0 Å². The highest BCUT2D eigenvalue weighted by Crippen LogP contribution is 2.50. The van der Waals surface area contributed by atoms with Crippen molar-refractivity contribution in [2.75, 3.05) is 13.2 Å². The summed E-state index contributed by atoms with van der Waals surface area (Å²) in [7, 11) is 0. The van der Waals surface area contributed by atoms with E-state index < -0.39 is 23.3 Å². The Labute approximate surface area is 204 Å². The van der Waals surface area contributed by atoms with Crippen molar-refractivity contribution in [3.8, 4) is 11.5 Å². The molecule has 176 valence electrons. The summed E-state index contributed by atoms with van der Waals surface area (Å²) in [6.45, 7) is 0.235. The summed E-state index contributed by atoms with van der Waals surface area (Å²) in [5.41, 5.74) is 0.580. The molecule has 2 heterocycles. The van der Waals surface area contributed by atoms with Gasteiger partial charge in [0.05, 0.1) is 28.8 Å². The highest BCUT2D eigenvalue weighted by Gasteiger charge is 2.48. The number of carbonyl (C=O) groups excluding carboxylic acids is 1. The number of carbonyl (C=O) groups is 1. The number of rotatable bonds is 4. The number of ether oxygens (including phenoxy) is 2. The summed E-state index contributed by atoms with van der Waals surface area (Å²) < 4.78 is 41.1. The highest BCUT2D eigenvalue weighted by atomic mass is 35.5. The fourth-order valence-electron chi connectivity index (χ4n) is 4.45. The van der Waals surface area contributed by atoms with Crippen molar-refractivity contribution in [2.24, 2.45) is 0 Å². The predicted molar refractivity (Wildman–Crippen MR) is 122 cm³/mol. The second kappa shape index (κ2) is 8.73. The van der Waals surface area contributed by atoms with E-state index in [4.69, 9.17) is 32.7 Å². The lowest BCUT2D eigenvalue weighted by Gasteiger charge is -2.29. The number of likely N-dealkylation sites (tertiary alicyclic amines) is 1. The molecule has 0 spiro atoms. The first-order chi connectivity index (χ1) is 16.3. The van der Waals surface area contributed by atoms with Crippen LogP contribution in [0.1, 0.15) is 34.3 Å². The van der Waals surface area contributed by atoms with Gasteiger partial charge >= 0.3 is 5.79 Å². The predicted octanol–water partition coefficient (Wildman–Crippen LogP) is 5.54. The van der Waals surface area contributed by atoms with Gasteiger partial charge in [-0.2, -0.15) is 0 Å². The van der Waals surface area contributed by atoms with Gasteiger partial charge in [-0.25, -0.2) is 8.78 Å². The zero-order chi connectivity index (χ0) is 24.0. The van der Waals surface area contributed by atoms with Crippen LogP contribution in [0.4, 0.5) is 8.78 Å². The second-order valence-corrected chi connectivity index (χ2v) is 9.05. The van der Waals surface area contributed by atoms with Crippen LogP contribution in [0, 0.1) is 11.6 Å². The number of aliphatic hydroxyl groups is 1. The summed E-state index contributed by atoms with van der Waals surface area (Å²) in [4.78, 5) is 14.5. The first kappa shape index (κ1) is 22.9. The van der Waals surface area contributed by atoms with E-state index in [2.05, 4.69) is 0 Å². The zero-order valence-electron chi connectivity index (χ0n) is 17.7. The third-order valence-electron chi connectivity index (χ3n) is 6.13. The van der Waals surface area contributed by atoms with E-state index >= 15 is 4.39 Å². The number of hydrogen-bond donors (Lipinski definition) is 1. The lowest BCUT2D eigenvalue weighted by atomic mass is 9.97. The van der Waals surface area contributed by atoms with Gasteiger partial charge in [0.15, 0.2) is 11.5 Å². The van der Waals surface area contributed by atoms with Gasteiger partial charge in [0.1, 0.15) is 11.6 Å². The lowest BCUT2D eigenvalue weighted by molar-refractivity contribution is -0.0459. The molecule has 5 rings (SSSR count). The monoisotopic (exact) mass is 505 g/mol. The van der Waals surface area contributed by atoms with Crippen LogP contribution in [0.25, 0.3) is 0 Å². The third-order valence-corrected chi connectivity index (χ3v) is 6.68. The van der Waals surface area contributed by atoms with Gasteiger partial charge in [0.2, 0.25) is 0 Å². The number of benzene rings is 3. The molecule has 0 aliphatic carbocycles. The average Bonchev–Trinajstić information content (AvgIpc) is 3.43. The van der Waals surface area contributed by atoms with Crippen molar-refractivity contribution in [1.29, 1.82) is 0 Å². The molecule has 34 heavy (non-hydrogen) atoms. The van der Waals surface area contributed by atoms with Crippen molar-refractivity contribution in [3.05, 3.63) is 93.0 Å². The molecule has 0 aromatic heterocycles. The fraction of sp³-hybridized carbons (Fsp3) is 0.240. The molecule has 9 heteroatoms. The Morgan fingerprint density at radius 2 is 1.76 bits per heavy atom. The second-order valence-electron chi connectivity index (χ2n) is 8.21. The maximum atomic E-state index is 15.1. The molecule has 2 atom stereocenters. The van der Waals surface area contributed by atoms with Crippen molar-refractivity contribution < 1.29 is 28.2 Å². The molecule has 3 aromatic carbocycles. The number of hydrogen-bond acceptors (Lipinski definition) is 4. The summed E-state index contributed by atoms with van der Waals surface area (Å²) in [5, 5.41) is 10.2. The van der Waals surface area contributed by atoms with Crippen LogP contribution in [0.15, 0.2) is 54.6 Å². The molecule has 0 radical (unpaired) electrons. The molecule has 2 aliphatic rings. The minimum Gasteiger partial charge on any atom is -0.440 e. The van der Waals surface area contributed by atoms with Crippen LogP contribution >= 0.6 is 23.2 Å². The summed E-state index contributed by atoms with van der Waals surface area (Å²) >= 11 is 12.5. The molecule has 0 saturated carbocycles. The van der Waals surface area contributed by atoms with E-state index in [1.807, 2.05) is 0 Å². The number of nitrogens with zero attached hydrogens (tertiary/aromatic N) is 1. The maximum Gasteiger partial charge on any atom is 0.307 e. The van der Waals surface area contributed by atoms with Crippen molar-refractivity contribution in [1.82, 2.24) is 4.90 Å². The number of halogens is 4. The van der Waals surface area contributed by atoms with Crippen molar-refractivity contribution in [2.45, 2.75) is 24.7 Å². The normalized spacial score (nSPS) is 21.2. The zero-order valence-corrected chi connectivity index (χ0v) is 19.2. The Morgan fingerprint density at radius 3 is 2.44 bits per heavy atom. The van der Waals surface area contributed by atoms with Crippen molar-refractivity contribution >= 4 is 29.1 Å². The molecule has 1 saturated heterocycles.